The molecule has 0 radical (unpaired) electrons. The molecule has 1 aliphatic rings. The molecule has 126 valence electrons. The third kappa shape index (κ3) is 4.35. The van der Waals surface area contributed by atoms with Crippen molar-refractivity contribution in [3.63, 3.8) is 0 Å². The number of hydrogen-bond acceptors (Lipinski definition) is 4. The molecule has 1 heterocycles. The minimum atomic E-state index is -0.706. The fourth-order valence-corrected chi connectivity index (χ4v) is 2.38. The molecule has 2 rings (SSSR count). The number of methoxy groups -OCH3 is 1. The van der Waals surface area contributed by atoms with Gasteiger partial charge in [-0.2, -0.15) is 0 Å². The van der Waals surface area contributed by atoms with E-state index in [1.807, 2.05) is 12.1 Å². The van der Waals surface area contributed by atoms with Gasteiger partial charge >= 0.3 is 6.03 Å². The summed E-state index contributed by atoms with van der Waals surface area (Å²) in [4.78, 5) is 25.7. The van der Waals surface area contributed by atoms with Crippen molar-refractivity contribution < 1.29 is 19.4 Å². The van der Waals surface area contributed by atoms with E-state index in [1.54, 1.807) is 38.0 Å². The van der Waals surface area contributed by atoms with Gasteiger partial charge in [0, 0.05) is 18.7 Å². The zero-order valence-electron chi connectivity index (χ0n) is 13.6. The van der Waals surface area contributed by atoms with Crippen LogP contribution < -0.4 is 20.3 Å². The predicted molar refractivity (Wildman–Crippen MR) is 86.6 cm³/mol. The highest BCUT2D eigenvalue weighted by Crippen LogP contribution is 2.24. The van der Waals surface area contributed by atoms with Gasteiger partial charge in [-0.05, 0) is 38.1 Å². The number of amides is 3. The van der Waals surface area contributed by atoms with Crippen molar-refractivity contribution >= 4 is 17.6 Å². The predicted octanol–water partition coefficient (Wildman–Crippen LogP) is 0.871. The van der Waals surface area contributed by atoms with Crippen LogP contribution in [0.1, 0.15) is 20.3 Å². The molecule has 1 aromatic rings. The maximum Gasteiger partial charge on any atom is 0.315 e. The largest absolute Gasteiger partial charge is 0.497 e. The molecule has 1 aliphatic heterocycles. The molecule has 1 aromatic carbocycles. The number of aliphatic hydroxyl groups excluding tert-OH is 1. The van der Waals surface area contributed by atoms with E-state index in [1.165, 1.54) is 0 Å². The van der Waals surface area contributed by atoms with Gasteiger partial charge in [0.05, 0.1) is 25.3 Å². The first kappa shape index (κ1) is 17.1. The minimum Gasteiger partial charge on any atom is -0.497 e. The topological polar surface area (TPSA) is 90.9 Å². The smallest absolute Gasteiger partial charge is 0.315 e. The number of benzene rings is 1. The molecule has 1 atom stereocenters. The highest BCUT2D eigenvalue weighted by Gasteiger charge is 2.32. The Balaban J connectivity index is 1.95. The monoisotopic (exact) mass is 321 g/mol. The lowest BCUT2D eigenvalue weighted by Crippen LogP contribution is -2.53. The van der Waals surface area contributed by atoms with Gasteiger partial charge in [0.2, 0.25) is 5.91 Å². The van der Waals surface area contributed by atoms with Crippen LogP contribution in [0, 0.1) is 0 Å². The molecule has 1 saturated heterocycles. The SMILES string of the molecule is COc1ccc(N2C[C@H](NC(=O)NC(C)(C)CO)CC2=O)cc1. The Bertz CT molecular complexity index is 571. The molecule has 7 nitrogen and oxygen atoms in total. The van der Waals surface area contributed by atoms with E-state index in [0.717, 1.165) is 11.4 Å². The van der Waals surface area contributed by atoms with Gasteiger partial charge in [-0.1, -0.05) is 0 Å². The first-order chi connectivity index (χ1) is 10.8. The van der Waals surface area contributed by atoms with Gasteiger partial charge in [-0.15, -0.1) is 0 Å². The zero-order valence-corrected chi connectivity index (χ0v) is 13.6. The number of nitrogens with one attached hydrogen (secondary N) is 2. The van der Waals surface area contributed by atoms with E-state index >= 15 is 0 Å². The lowest BCUT2D eigenvalue weighted by Gasteiger charge is -2.25. The molecule has 3 amide bonds. The number of urea groups is 1. The van der Waals surface area contributed by atoms with Crippen molar-refractivity contribution in [1.29, 1.82) is 0 Å². The number of hydrogen-bond donors (Lipinski definition) is 3. The lowest BCUT2D eigenvalue weighted by atomic mass is 10.1. The van der Waals surface area contributed by atoms with Gasteiger partial charge in [-0.3, -0.25) is 4.79 Å². The summed E-state index contributed by atoms with van der Waals surface area (Å²) in [5.74, 6) is 0.683. The Morgan fingerprint density at radius 1 is 1.39 bits per heavy atom. The average molecular weight is 321 g/mol. The summed E-state index contributed by atoms with van der Waals surface area (Å²) in [7, 11) is 1.59. The quantitative estimate of drug-likeness (QED) is 0.750. The summed E-state index contributed by atoms with van der Waals surface area (Å²) in [6.07, 6.45) is 0.249. The molecule has 23 heavy (non-hydrogen) atoms. The van der Waals surface area contributed by atoms with Crippen LogP contribution in [0.25, 0.3) is 0 Å². The molecule has 7 heteroatoms. The van der Waals surface area contributed by atoms with E-state index in [9.17, 15) is 9.59 Å². The van der Waals surface area contributed by atoms with Gasteiger partial charge in [0.25, 0.3) is 0 Å². The Morgan fingerprint density at radius 2 is 2.04 bits per heavy atom. The number of ether oxygens (including phenoxy) is 1. The van der Waals surface area contributed by atoms with E-state index in [4.69, 9.17) is 9.84 Å². The second-order valence-electron chi connectivity index (χ2n) is 6.24. The van der Waals surface area contributed by atoms with Gasteiger partial charge in [0.15, 0.2) is 0 Å². The van der Waals surface area contributed by atoms with Gasteiger partial charge in [-0.25, -0.2) is 4.79 Å². The Kier molecular flexibility index (Phi) is 5.10. The number of rotatable bonds is 5. The molecule has 0 aromatic heterocycles. The second-order valence-corrected chi connectivity index (χ2v) is 6.24. The third-order valence-corrected chi connectivity index (χ3v) is 3.69. The summed E-state index contributed by atoms with van der Waals surface area (Å²) in [5, 5.41) is 14.6. The fourth-order valence-electron chi connectivity index (χ4n) is 2.38. The van der Waals surface area contributed by atoms with Crippen LogP contribution >= 0.6 is 0 Å². The zero-order chi connectivity index (χ0) is 17.0. The average Bonchev–Trinajstić information content (AvgIpc) is 2.87. The van der Waals surface area contributed by atoms with Crippen molar-refractivity contribution in [1.82, 2.24) is 10.6 Å². The third-order valence-electron chi connectivity index (χ3n) is 3.69. The normalized spacial score (nSPS) is 18.0. The maximum absolute atomic E-state index is 12.1. The van der Waals surface area contributed by atoms with Crippen LogP contribution in [0.15, 0.2) is 24.3 Å². The molecule has 0 unspecified atom stereocenters. The first-order valence-electron chi connectivity index (χ1n) is 7.48. The molecular weight excluding hydrogens is 298 g/mol. The lowest BCUT2D eigenvalue weighted by molar-refractivity contribution is -0.117. The van der Waals surface area contributed by atoms with Crippen LogP contribution in [0.4, 0.5) is 10.5 Å². The Labute approximate surface area is 135 Å². The van der Waals surface area contributed by atoms with Crippen molar-refractivity contribution in [3.05, 3.63) is 24.3 Å². The van der Waals surface area contributed by atoms with Crippen LogP contribution in [0.3, 0.4) is 0 Å². The summed E-state index contributed by atoms with van der Waals surface area (Å²) in [5.41, 5.74) is 0.0683. The first-order valence-corrected chi connectivity index (χ1v) is 7.48. The number of nitrogens with zero attached hydrogens (tertiary/aromatic N) is 1. The highest BCUT2D eigenvalue weighted by atomic mass is 16.5. The number of aliphatic hydroxyl groups is 1. The van der Waals surface area contributed by atoms with E-state index < -0.39 is 11.6 Å². The number of carbonyl (C=O) groups is 2. The number of anilines is 1. The molecule has 0 bridgehead atoms. The second kappa shape index (κ2) is 6.87. The van der Waals surface area contributed by atoms with E-state index in [2.05, 4.69) is 10.6 Å². The van der Waals surface area contributed by atoms with Crippen molar-refractivity contribution in [3.8, 4) is 5.75 Å². The summed E-state index contributed by atoms with van der Waals surface area (Å²) < 4.78 is 5.10. The van der Waals surface area contributed by atoms with Crippen molar-refractivity contribution in [2.75, 3.05) is 25.2 Å². The fraction of sp³-hybridized carbons (Fsp3) is 0.500. The van der Waals surface area contributed by atoms with E-state index in [-0.39, 0.29) is 25.0 Å². The summed E-state index contributed by atoms with van der Waals surface area (Å²) in [6, 6.07) is 6.56. The van der Waals surface area contributed by atoms with Crippen LogP contribution in [-0.2, 0) is 4.79 Å². The standard InChI is InChI=1S/C16H23N3O4/c1-16(2,10-20)18-15(22)17-11-8-14(21)19(9-11)12-4-6-13(23-3)7-5-12/h4-7,11,20H,8-10H2,1-3H3,(H2,17,18,22)/t11-/m1/s1. The molecule has 0 aliphatic carbocycles. The van der Waals surface area contributed by atoms with Crippen LogP contribution in [0.5, 0.6) is 5.75 Å². The Hall–Kier alpha value is -2.28. The summed E-state index contributed by atoms with van der Waals surface area (Å²) in [6.45, 7) is 3.69. The van der Waals surface area contributed by atoms with Crippen LogP contribution in [0.2, 0.25) is 0 Å². The van der Waals surface area contributed by atoms with Crippen molar-refractivity contribution in [2.45, 2.75) is 31.8 Å². The molecule has 0 saturated carbocycles. The highest BCUT2D eigenvalue weighted by molar-refractivity contribution is 5.96. The van der Waals surface area contributed by atoms with E-state index in [0.29, 0.717) is 6.54 Å². The maximum atomic E-state index is 12.1. The minimum absolute atomic E-state index is 0.0399. The molecule has 0 spiro atoms. The molecule has 3 N–H and O–H groups in total. The van der Waals surface area contributed by atoms with Crippen molar-refractivity contribution in [2.24, 2.45) is 0 Å². The Morgan fingerprint density at radius 3 is 2.61 bits per heavy atom. The molecule has 1 fully saturated rings. The van der Waals surface area contributed by atoms with Crippen LogP contribution in [-0.4, -0.2) is 48.9 Å². The molecular formula is C16H23N3O4. The van der Waals surface area contributed by atoms with Gasteiger partial charge in [0.1, 0.15) is 5.75 Å². The van der Waals surface area contributed by atoms with Gasteiger partial charge < -0.3 is 25.4 Å². The number of carbonyl (C=O) groups excluding carboxylic acids is 2. The summed E-state index contributed by atoms with van der Waals surface area (Å²) >= 11 is 0.